The Balaban J connectivity index is 3.56. The molecule has 0 aromatic carbocycles. The lowest BCUT2D eigenvalue weighted by atomic mass is 10.2. The van der Waals surface area contributed by atoms with Gasteiger partial charge in [-0.15, -0.1) is 0 Å². The predicted octanol–water partition coefficient (Wildman–Crippen LogP) is 2.08. The minimum atomic E-state index is 0.0236. The molecule has 0 saturated heterocycles. The van der Waals surface area contributed by atoms with Gasteiger partial charge in [0.25, 0.3) is 0 Å². The van der Waals surface area contributed by atoms with Crippen molar-refractivity contribution in [2.45, 2.75) is 26.1 Å². The normalized spacial score (nSPS) is 15.0. The van der Waals surface area contributed by atoms with Gasteiger partial charge in [-0.3, -0.25) is 0 Å². The van der Waals surface area contributed by atoms with Crippen LogP contribution in [0.3, 0.4) is 0 Å². The van der Waals surface area contributed by atoms with E-state index in [2.05, 4.69) is 13.2 Å². The van der Waals surface area contributed by atoms with Gasteiger partial charge in [0, 0.05) is 0 Å². The van der Waals surface area contributed by atoms with Crippen molar-refractivity contribution in [2.24, 2.45) is 0 Å². The van der Waals surface area contributed by atoms with Crippen LogP contribution in [0.15, 0.2) is 25.7 Å². The second kappa shape index (κ2) is 4.91. The van der Waals surface area contributed by atoms with Gasteiger partial charge in [-0.25, -0.2) is 0 Å². The van der Waals surface area contributed by atoms with Crippen LogP contribution >= 0.6 is 0 Å². The Morgan fingerprint density at radius 3 is 1.50 bits per heavy atom. The highest BCUT2D eigenvalue weighted by molar-refractivity contribution is 4.66. The molecule has 2 nitrogen and oxygen atoms in total. The maximum atomic E-state index is 5.05. The van der Waals surface area contributed by atoms with Crippen LogP contribution in [-0.2, 0) is 9.47 Å². The molecule has 10 heavy (non-hydrogen) atoms. The quantitative estimate of drug-likeness (QED) is 0.547. The molecule has 0 aromatic heterocycles. The van der Waals surface area contributed by atoms with Gasteiger partial charge < -0.3 is 9.47 Å². The Kier molecular flexibility index (Phi) is 4.46. The van der Waals surface area contributed by atoms with E-state index in [-0.39, 0.29) is 12.2 Å². The van der Waals surface area contributed by atoms with Crippen molar-refractivity contribution in [1.29, 1.82) is 0 Å². The summed E-state index contributed by atoms with van der Waals surface area (Å²) in [5, 5.41) is 0. The summed E-state index contributed by atoms with van der Waals surface area (Å²) in [6.45, 7) is 10.7. The molecule has 0 amide bonds. The molecule has 0 spiro atoms. The van der Waals surface area contributed by atoms with E-state index in [0.717, 1.165) is 0 Å². The lowest BCUT2D eigenvalue weighted by Crippen LogP contribution is -2.22. The highest BCUT2D eigenvalue weighted by Crippen LogP contribution is 2.02. The van der Waals surface area contributed by atoms with Crippen LogP contribution in [0.5, 0.6) is 0 Å². The summed E-state index contributed by atoms with van der Waals surface area (Å²) in [5.41, 5.74) is 0. The van der Waals surface area contributed by atoms with Crippen LogP contribution in [0, 0.1) is 0 Å². The van der Waals surface area contributed by atoms with Crippen LogP contribution in [0.4, 0.5) is 0 Å². The van der Waals surface area contributed by atoms with Crippen molar-refractivity contribution in [3.8, 4) is 0 Å². The minimum absolute atomic E-state index is 0.0236. The fourth-order valence-corrected chi connectivity index (χ4v) is 0.525. The first-order valence-corrected chi connectivity index (χ1v) is 3.25. The lowest BCUT2D eigenvalue weighted by Gasteiger charge is -2.18. The van der Waals surface area contributed by atoms with E-state index in [1.54, 1.807) is 0 Å². The third kappa shape index (κ3) is 3.17. The van der Waals surface area contributed by atoms with E-state index in [1.807, 2.05) is 13.8 Å². The zero-order valence-electron chi connectivity index (χ0n) is 6.54. The van der Waals surface area contributed by atoms with Crippen LogP contribution in [0.2, 0.25) is 0 Å². The largest absolute Gasteiger partial charge is 0.495 e. The summed E-state index contributed by atoms with van der Waals surface area (Å²) in [4.78, 5) is 0. The molecule has 0 aliphatic carbocycles. The van der Waals surface area contributed by atoms with Gasteiger partial charge in [-0.05, 0) is 13.8 Å². The van der Waals surface area contributed by atoms with Crippen LogP contribution in [0.1, 0.15) is 13.8 Å². The molecule has 0 aliphatic heterocycles. The summed E-state index contributed by atoms with van der Waals surface area (Å²) in [6.07, 6.45) is 2.87. The predicted molar refractivity (Wildman–Crippen MR) is 41.5 cm³/mol. The lowest BCUT2D eigenvalue weighted by molar-refractivity contribution is 0.0220. The highest BCUT2D eigenvalue weighted by atomic mass is 16.5. The van der Waals surface area contributed by atoms with E-state index in [0.29, 0.717) is 0 Å². The van der Waals surface area contributed by atoms with Gasteiger partial charge in [0.05, 0.1) is 12.5 Å². The number of hydrogen-bond acceptors (Lipinski definition) is 2. The molecule has 0 N–H and O–H groups in total. The van der Waals surface area contributed by atoms with Gasteiger partial charge >= 0.3 is 0 Å². The molecular formula is C8H14O2. The summed E-state index contributed by atoms with van der Waals surface area (Å²) in [7, 11) is 0. The molecule has 0 rings (SSSR count). The van der Waals surface area contributed by atoms with E-state index in [4.69, 9.17) is 9.47 Å². The van der Waals surface area contributed by atoms with Crippen molar-refractivity contribution < 1.29 is 9.47 Å². The number of rotatable bonds is 5. The zero-order chi connectivity index (χ0) is 7.98. The molecule has 0 aliphatic rings. The molecule has 58 valence electrons. The van der Waals surface area contributed by atoms with E-state index < -0.39 is 0 Å². The monoisotopic (exact) mass is 142 g/mol. The second-order valence-electron chi connectivity index (χ2n) is 2.02. The average molecular weight is 142 g/mol. The Hall–Kier alpha value is -0.920. The van der Waals surface area contributed by atoms with Gasteiger partial charge in [-0.1, -0.05) is 13.2 Å². The van der Waals surface area contributed by atoms with Crippen molar-refractivity contribution >= 4 is 0 Å². The average Bonchev–Trinajstić information content (AvgIpc) is 1.89. The molecular weight excluding hydrogens is 128 g/mol. The van der Waals surface area contributed by atoms with Crippen molar-refractivity contribution in [1.82, 2.24) is 0 Å². The summed E-state index contributed by atoms with van der Waals surface area (Å²) in [5.74, 6) is 0. The SMILES string of the molecule is C=COC(C)C(C)OC=C. The zero-order valence-corrected chi connectivity index (χ0v) is 6.54. The van der Waals surface area contributed by atoms with Crippen LogP contribution in [-0.4, -0.2) is 12.2 Å². The first kappa shape index (κ1) is 9.08. The van der Waals surface area contributed by atoms with Crippen molar-refractivity contribution in [3.63, 3.8) is 0 Å². The molecule has 0 bridgehead atoms. The van der Waals surface area contributed by atoms with Gasteiger partial charge in [0.1, 0.15) is 12.2 Å². The summed E-state index contributed by atoms with van der Waals surface area (Å²) >= 11 is 0. The first-order chi connectivity index (χ1) is 4.72. The van der Waals surface area contributed by atoms with E-state index in [1.165, 1.54) is 12.5 Å². The maximum absolute atomic E-state index is 5.05. The third-order valence-corrected chi connectivity index (χ3v) is 1.28. The topological polar surface area (TPSA) is 18.5 Å². The molecule has 0 saturated carbocycles. The fraction of sp³-hybridized carbons (Fsp3) is 0.500. The van der Waals surface area contributed by atoms with E-state index >= 15 is 0 Å². The van der Waals surface area contributed by atoms with Crippen molar-refractivity contribution in [2.75, 3.05) is 0 Å². The van der Waals surface area contributed by atoms with Gasteiger partial charge in [0.15, 0.2) is 0 Å². The standard InChI is InChI=1S/C8H14O2/c1-5-9-7(3)8(4)10-6-2/h5-8H,1-2H2,3-4H3. The van der Waals surface area contributed by atoms with Crippen LogP contribution in [0.25, 0.3) is 0 Å². The molecule has 2 atom stereocenters. The number of ether oxygens (including phenoxy) is 2. The van der Waals surface area contributed by atoms with E-state index in [9.17, 15) is 0 Å². The maximum Gasteiger partial charge on any atom is 0.131 e. The smallest absolute Gasteiger partial charge is 0.131 e. The summed E-state index contributed by atoms with van der Waals surface area (Å²) < 4.78 is 10.1. The molecule has 0 heterocycles. The van der Waals surface area contributed by atoms with Crippen LogP contribution < -0.4 is 0 Å². The van der Waals surface area contributed by atoms with Gasteiger partial charge in [-0.2, -0.15) is 0 Å². The Bertz CT molecular complexity index is 95.8. The molecule has 0 aromatic rings. The third-order valence-electron chi connectivity index (χ3n) is 1.28. The molecule has 0 fully saturated rings. The number of hydrogen-bond donors (Lipinski definition) is 0. The second-order valence-corrected chi connectivity index (χ2v) is 2.02. The molecule has 2 unspecified atom stereocenters. The van der Waals surface area contributed by atoms with Crippen molar-refractivity contribution in [3.05, 3.63) is 25.7 Å². The Morgan fingerprint density at radius 1 is 1.00 bits per heavy atom. The Labute approximate surface area is 62.1 Å². The highest BCUT2D eigenvalue weighted by Gasteiger charge is 2.10. The molecule has 0 radical (unpaired) electrons. The molecule has 2 heteroatoms. The van der Waals surface area contributed by atoms with Gasteiger partial charge in [0.2, 0.25) is 0 Å². The Morgan fingerprint density at radius 2 is 1.30 bits per heavy atom. The minimum Gasteiger partial charge on any atom is -0.495 e. The fourth-order valence-electron chi connectivity index (χ4n) is 0.525. The first-order valence-electron chi connectivity index (χ1n) is 3.25. The summed E-state index contributed by atoms with van der Waals surface area (Å²) in [6, 6.07) is 0.